The topological polar surface area (TPSA) is 29.5 Å². The molecule has 0 spiro atoms. The van der Waals surface area contributed by atoms with Gasteiger partial charge in [-0.25, -0.2) is 4.39 Å². The lowest BCUT2D eigenvalue weighted by atomic mass is 9.88. The molecule has 1 fully saturated rings. The van der Waals surface area contributed by atoms with E-state index in [4.69, 9.17) is 16.3 Å². The van der Waals surface area contributed by atoms with Crippen LogP contribution in [0.2, 0.25) is 5.02 Å². The Labute approximate surface area is 92.6 Å². The van der Waals surface area contributed by atoms with Gasteiger partial charge in [0.1, 0.15) is 11.4 Å². The zero-order valence-electron chi connectivity index (χ0n) is 8.34. The first-order chi connectivity index (χ1) is 7.04. The molecule has 0 radical (unpaired) electrons. The van der Waals surface area contributed by atoms with Crippen molar-refractivity contribution in [3.8, 4) is 0 Å². The summed E-state index contributed by atoms with van der Waals surface area (Å²) in [5, 5.41) is 10.7. The van der Waals surface area contributed by atoms with Crippen LogP contribution in [-0.4, -0.2) is 17.8 Å². The van der Waals surface area contributed by atoms with Crippen molar-refractivity contribution in [2.75, 3.05) is 6.61 Å². The van der Waals surface area contributed by atoms with Crippen molar-refractivity contribution in [2.24, 2.45) is 0 Å². The molecule has 1 aliphatic rings. The molecule has 1 saturated heterocycles. The second kappa shape index (κ2) is 3.74. The Morgan fingerprint density at radius 3 is 2.93 bits per heavy atom. The summed E-state index contributed by atoms with van der Waals surface area (Å²) < 4.78 is 18.4. The second-order valence-corrected chi connectivity index (χ2v) is 4.22. The van der Waals surface area contributed by atoms with E-state index in [1.807, 2.05) is 0 Å². The van der Waals surface area contributed by atoms with Gasteiger partial charge in [0.2, 0.25) is 0 Å². The van der Waals surface area contributed by atoms with E-state index >= 15 is 0 Å². The Kier molecular flexibility index (Phi) is 2.71. The first kappa shape index (κ1) is 10.9. The molecule has 1 aliphatic heterocycles. The highest BCUT2D eigenvalue weighted by Gasteiger charge is 2.42. The van der Waals surface area contributed by atoms with E-state index in [1.165, 1.54) is 18.2 Å². The van der Waals surface area contributed by atoms with E-state index in [0.29, 0.717) is 23.6 Å². The Bertz CT molecular complexity index is 383. The fourth-order valence-electron chi connectivity index (χ4n) is 1.92. The van der Waals surface area contributed by atoms with Crippen molar-refractivity contribution in [1.29, 1.82) is 0 Å². The van der Waals surface area contributed by atoms with Crippen molar-refractivity contribution in [3.05, 3.63) is 34.6 Å². The monoisotopic (exact) mass is 230 g/mol. The van der Waals surface area contributed by atoms with Crippen molar-refractivity contribution in [2.45, 2.75) is 25.0 Å². The molecule has 2 rings (SSSR count). The smallest absolute Gasteiger partial charge is 0.123 e. The van der Waals surface area contributed by atoms with Gasteiger partial charge in [0.25, 0.3) is 0 Å². The number of hydrogen-bond donors (Lipinski definition) is 1. The van der Waals surface area contributed by atoms with Crippen LogP contribution in [0, 0.1) is 5.82 Å². The second-order valence-electron chi connectivity index (χ2n) is 3.81. The van der Waals surface area contributed by atoms with Crippen molar-refractivity contribution >= 4 is 11.6 Å². The van der Waals surface area contributed by atoms with Crippen LogP contribution < -0.4 is 0 Å². The number of hydrogen-bond acceptors (Lipinski definition) is 2. The van der Waals surface area contributed by atoms with Gasteiger partial charge in [0.15, 0.2) is 0 Å². The fourth-order valence-corrected chi connectivity index (χ4v) is 2.20. The number of halogens is 2. The Balaban J connectivity index is 2.48. The molecule has 0 amide bonds. The van der Waals surface area contributed by atoms with Crippen molar-refractivity contribution in [3.63, 3.8) is 0 Å². The van der Waals surface area contributed by atoms with Gasteiger partial charge in [0.05, 0.1) is 12.7 Å². The molecule has 0 aliphatic carbocycles. The molecule has 1 N–H and O–H groups in total. The summed E-state index contributed by atoms with van der Waals surface area (Å²) in [6.07, 6.45) is 0.0777. The normalized spacial score (nSPS) is 30.8. The molecule has 2 unspecified atom stereocenters. The van der Waals surface area contributed by atoms with Gasteiger partial charge in [-0.3, -0.25) is 0 Å². The molecule has 0 aromatic heterocycles. The molecule has 2 nitrogen and oxygen atoms in total. The highest BCUT2D eigenvalue weighted by Crippen LogP contribution is 2.39. The predicted octanol–water partition coefficient (Wildman–Crippen LogP) is 2.48. The SMILES string of the molecule is CC1OCCC1(O)c1cc(F)ccc1Cl. The lowest BCUT2D eigenvalue weighted by Crippen LogP contribution is -2.33. The molecule has 15 heavy (non-hydrogen) atoms. The third-order valence-electron chi connectivity index (χ3n) is 2.92. The molecule has 1 aromatic rings. The zero-order valence-corrected chi connectivity index (χ0v) is 9.09. The molecule has 2 atom stereocenters. The molecule has 0 saturated carbocycles. The molecular formula is C11H12ClFO2. The van der Waals surface area contributed by atoms with E-state index in [0.717, 1.165) is 0 Å². The zero-order chi connectivity index (χ0) is 11.1. The van der Waals surface area contributed by atoms with Gasteiger partial charge >= 0.3 is 0 Å². The summed E-state index contributed by atoms with van der Waals surface area (Å²) in [6.45, 7) is 2.22. The van der Waals surface area contributed by atoms with Gasteiger partial charge < -0.3 is 9.84 Å². The average molecular weight is 231 g/mol. The molecular weight excluding hydrogens is 219 g/mol. The summed E-state index contributed by atoms with van der Waals surface area (Å²) >= 11 is 5.95. The van der Waals surface area contributed by atoms with Gasteiger partial charge in [-0.05, 0) is 25.1 Å². The summed E-state index contributed by atoms with van der Waals surface area (Å²) in [6, 6.07) is 4.00. The van der Waals surface area contributed by atoms with E-state index in [1.54, 1.807) is 6.92 Å². The molecule has 0 bridgehead atoms. The summed E-state index contributed by atoms with van der Waals surface area (Å²) in [5.74, 6) is -0.401. The maximum atomic E-state index is 13.1. The maximum Gasteiger partial charge on any atom is 0.123 e. The minimum absolute atomic E-state index is 0.364. The third kappa shape index (κ3) is 1.75. The summed E-state index contributed by atoms with van der Waals surface area (Å²) in [7, 11) is 0. The van der Waals surface area contributed by atoms with Crippen LogP contribution >= 0.6 is 11.6 Å². The lowest BCUT2D eigenvalue weighted by molar-refractivity contribution is -0.0318. The van der Waals surface area contributed by atoms with E-state index in [2.05, 4.69) is 0 Å². The average Bonchev–Trinajstić information content (AvgIpc) is 2.52. The Morgan fingerprint density at radius 2 is 2.33 bits per heavy atom. The third-order valence-corrected chi connectivity index (χ3v) is 3.25. The Morgan fingerprint density at radius 1 is 1.60 bits per heavy atom. The van der Waals surface area contributed by atoms with Gasteiger partial charge in [-0.15, -0.1) is 0 Å². The van der Waals surface area contributed by atoms with Gasteiger partial charge in [-0.2, -0.15) is 0 Å². The molecule has 1 heterocycles. The largest absolute Gasteiger partial charge is 0.382 e. The molecule has 82 valence electrons. The predicted molar refractivity (Wildman–Crippen MR) is 55.3 cm³/mol. The maximum absolute atomic E-state index is 13.1. The molecule has 4 heteroatoms. The minimum Gasteiger partial charge on any atom is -0.382 e. The van der Waals surface area contributed by atoms with Crippen LogP contribution in [-0.2, 0) is 10.3 Å². The van der Waals surface area contributed by atoms with Crippen molar-refractivity contribution < 1.29 is 14.2 Å². The molecule has 1 aromatic carbocycles. The summed E-state index contributed by atoms with van der Waals surface area (Å²) in [4.78, 5) is 0. The number of rotatable bonds is 1. The first-order valence-corrected chi connectivity index (χ1v) is 5.21. The van der Waals surface area contributed by atoms with Crippen LogP contribution in [0.25, 0.3) is 0 Å². The number of benzene rings is 1. The van der Waals surface area contributed by atoms with Crippen LogP contribution in [0.1, 0.15) is 18.9 Å². The minimum atomic E-state index is -1.17. The summed E-state index contributed by atoms with van der Waals surface area (Å²) in [5.41, 5.74) is -0.756. The lowest BCUT2D eigenvalue weighted by Gasteiger charge is -2.27. The van der Waals surface area contributed by atoms with Crippen LogP contribution in [0.15, 0.2) is 18.2 Å². The fraction of sp³-hybridized carbons (Fsp3) is 0.455. The van der Waals surface area contributed by atoms with Gasteiger partial charge in [0, 0.05) is 17.0 Å². The van der Waals surface area contributed by atoms with Crippen molar-refractivity contribution in [1.82, 2.24) is 0 Å². The Hall–Kier alpha value is -0.640. The van der Waals surface area contributed by atoms with E-state index in [-0.39, 0.29) is 6.10 Å². The van der Waals surface area contributed by atoms with E-state index < -0.39 is 11.4 Å². The standard InChI is InChI=1S/C11H12ClFO2/c1-7-11(14,4-5-15-7)9-6-8(13)2-3-10(9)12/h2-3,6-7,14H,4-5H2,1H3. The van der Waals surface area contributed by atoms with Crippen LogP contribution in [0.5, 0.6) is 0 Å². The van der Waals surface area contributed by atoms with Crippen LogP contribution in [0.3, 0.4) is 0 Å². The first-order valence-electron chi connectivity index (χ1n) is 4.83. The van der Waals surface area contributed by atoms with Crippen LogP contribution in [0.4, 0.5) is 4.39 Å². The highest BCUT2D eigenvalue weighted by atomic mass is 35.5. The number of aliphatic hydroxyl groups is 1. The van der Waals surface area contributed by atoms with E-state index in [9.17, 15) is 9.50 Å². The highest BCUT2D eigenvalue weighted by molar-refractivity contribution is 6.31. The quantitative estimate of drug-likeness (QED) is 0.803. The number of ether oxygens (including phenoxy) is 1. The van der Waals surface area contributed by atoms with Gasteiger partial charge in [-0.1, -0.05) is 11.6 Å².